The van der Waals surface area contributed by atoms with E-state index in [9.17, 15) is 0 Å². The molecule has 0 amide bonds. The third-order valence-corrected chi connectivity index (χ3v) is 5.33. The van der Waals surface area contributed by atoms with E-state index in [1.165, 1.54) is 18.5 Å². The summed E-state index contributed by atoms with van der Waals surface area (Å²) < 4.78 is 0. The van der Waals surface area contributed by atoms with Crippen molar-refractivity contribution in [2.75, 3.05) is 6.54 Å². The highest BCUT2D eigenvalue weighted by Gasteiger charge is 2.49. The van der Waals surface area contributed by atoms with Crippen LogP contribution in [0, 0.1) is 17.8 Å². The van der Waals surface area contributed by atoms with Crippen molar-refractivity contribution < 1.29 is 0 Å². The van der Waals surface area contributed by atoms with Gasteiger partial charge in [-0.25, -0.2) is 0 Å². The maximum absolute atomic E-state index is 6.49. The second kappa shape index (κ2) is 7.07. The van der Waals surface area contributed by atoms with Gasteiger partial charge in [0.15, 0.2) is 0 Å². The Morgan fingerprint density at radius 1 is 1.12 bits per heavy atom. The van der Waals surface area contributed by atoms with E-state index < -0.39 is 0 Å². The van der Waals surface area contributed by atoms with Gasteiger partial charge in [-0.05, 0) is 98.4 Å². The van der Waals surface area contributed by atoms with Crippen LogP contribution in [0.3, 0.4) is 0 Å². The number of allylic oxidation sites excluding steroid dienone is 2. The second-order valence-electron chi connectivity index (χ2n) is 9.53. The monoisotopic (exact) mass is 334 g/mol. The fourth-order valence-electron chi connectivity index (χ4n) is 4.04. The lowest BCUT2D eigenvalue weighted by Crippen LogP contribution is -2.38. The third-order valence-electron chi connectivity index (χ3n) is 5.33. The van der Waals surface area contributed by atoms with E-state index in [1.807, 2.05) is 13.1 Å². The molecule has 3 N–H and O–H groups in total. The van der Waals surface area contributed by atoms with Crippen LogP contribution in [-0.4, -0.2) is 28.8 Å². The van der Waals surface area contributed by atoms with Gasteiger partial charge >= 0.3 is 0 Å². The molecule has 4 heteroatoms. The van der Waals surface area contributed by atoms with E-state index in [1.54, 1.807) is 0 Å². The van der Waals surface area contributed by atoms with Crippen molar-refractivity contribution in [1.82, 2.24) is 10.3 Å². The summed E-state index contributed by atoms with van der Waals surface area (Å²) in [7, 11) is 0. The zero-order chi connectivity index (χ0) is 18.1. The van der Waals surface area contributed by atoms with Gasteiger partial charge in [-0.3, -0.25) is 5.01 Å². The summed E-state index contributed by atoms with van der Waals surface area (Å²) in [6, 6.07) is 0. The van der Waals surface area contributed by atoms with Gasteiger partial charge in [-0.15, -0.1) is 0 Å². The molecule has 0 heterocycles. The fraction of sp³-hybridized carbons (Fsp3) is 0.850. The van der Waals surface area contributed by atoms with Crippen molar-refractivity contribution >= 4 is 6.21 Å². The molecule has 2 rings (SSSR count). The summed E-state index contributed by atoms with van der Waals surface area (Å²) in [6.45, 7) is 16.5. The minimum atomic E-state index is -0.0399. The number of nitrogens with two attached hydrogens (primary N) is 1. The third kappa shape index (κ3) is 4.75. The van der Waals surface area contributed by atoms with Crippen LogP contribution in [0.25, 0.3) is 0 Å². The zero-order valence-corrected chi connectivity index (χ0v) is 16.8. The van der Waals surface area contributed by atoms with Crippen LogP contribution in [0.5, 0.6) is 0 Å². The van der Waals surface area contributed by atoms with Gasteiger partial charge in [0, 0.05) is 17.5 Å². The van der Waals surface area contributed by atoms with Crippen molar-refractivity contribution in [3.63, 3.8) is 0 Å². The molecule has 0 aromatic carbocycles. The summed E-state index contributed by atoms with van der Waals surface area (Å²) in [6.07, 6.45) is 6.40. The van der Waals surface area contributed by atoms with E-state index in [-0.39, 0.29) is 11.1 Å². The first-order valence-electron chi connectivity index (χ1n) is 9.56. The van der Waals surface area contributed by atoms with Gasteiger partial charge < -0.3 is 11.1 Å². The predicted molar refractivity (Wildman–Crippen MR) is 104 cm³/mol. The molecule has 138 valence electrons. The van der Waals surface area contributed by atoms with Crippen LogP contribution < -0.4 is 11.1 Å². The second-order valence-corrected chi connectivity index (χ2v) is 9.53. The molecule has 2 aliphatic rings. The minimum Gasteiger partial charge on any atom is -0.401 e. The van der Waals surface area contributed by atoms with Crippen molar-refractivity contribution in [1.29, 1.82) is 0 Å². The van der Waals surface area contributed by atoms with Crippen molar-refractivity contribution in [3.8, 4) is 0 Å². The molecule has 2 aliphatic carbocycles. The highest BCUT2D eigenvalue weighted by Crippen LogP contribution is 2.53. The first-order chi connectivity index (χ1) is 11.0. The number of fused-ring (bicyclic) bond motifs is 1. The lowest BCUT2D eigenvalue weighted by Gasteiger charge is -2.36. The summed E-state index contributed by atoms with van der Waals surface area (Å²) in [4.78, 5) is 0. The number of nitrogens with zero attached hydrogens (tertiary/aromatic N) is 2. The Morgan fingerprint density at radius 2 is 1.71 bits per heavy atom. The van der Waals surface area contributed by atoms with E-state index in [0.29, 0.717) is 0 Å². The lowest BCUT2D eigenvalue weighted by molar-refractivity contribution is 0.181. The molecule has 3 atom stereocenters. The normalized spacial score (nSPS) is 31.5. The standard InChI is InChI=1S/C20H38N4/c1-8-23-24(20(5,6)7)18-12-10-15-14(9-11-17(18)21)16(15)13-22-19(2,3)4/h8,14-16,22H,9-13,21H2,1-7H3/b18-17-,23-8-/t14-,15+,16+/m0/s1. The molecule has 0 spiro atoms. The maximum Gasteiger partial charge on any atom is 0.0561 e. The van der Waals surface area contributed by atoms with E-state index >= 15 is 0 Å². The van der Waals surface area contributed by atoms with Crippen LogP contribution in [0.4, 0.5) is 0 Å². The molecule has 1 fully saturated rings. The van der Waals surface area contributed by atoms with Gasteiger partial charge in [0.25, 0.3) is 0 Å². The number of nitrogens with one attached hydrogen (secondary N) is 1. The largest absolute Gasteiger partial charge is 0.401 e. The van der Waals surface area contributed by atoms with Crippen molar-refractivity contribution in [2.45, 2.75) is 85.2 Å². The Bertz CT molecular complexity index is 493. The van der Waals surface area contributed by atoms with Crippen LogP contribution in [0.2, 0.25) is 0 Å². The van der Waals surface area contributed by atoms with Crippen LogP contribution in [0.1, 0.15) is 74.1 Å². The quantitative estimate of drug-likeness (QED) is 0.601. The molecule has 0 bridgehead atoms. The smallest absolute Gasteiger partial charge is 0.0561 e. The number of rotatable bonds is 4. The number of hydrogen-bond acceptors (Lipinski definition) is 4. The molecule has 0 aromatic heterocycles. The van der Waals surface area contributed by atoms with Gasteiger partial charge in [0.05, 0.1) is 11.2 Å². The molecule has 24 heavy (non-hydrogen) atoms. The molecule has 0 aromatic rings. The fourth-order valence-corrected chi connectivity index (χ4v) is 4.04. The van der Waals surface area contributed by atoms with Gasteiger partial charge in [-0.1, -0.05) is 0 Å². The number of hydrogen-bond donors (Lipinski definition) is 2. The Morgan fingerprint density at radius 3 is 2.21 bits per heavy atom. The van der Waals surface area contributed by atoms with Crippen molar-refractivity contribution in [2.24, 2.45) is 28.6 Å². The highest BCUT2D eigenvalue weighted by atomic mass is 15.5. The molecule has 0 aliphatic heterocycles. The molecular weight excluding hydrogens is 296 g/mol. The molecule has 0 saturated heterocycles. The van der Waals surface area contributed by atoms with Crippen LogP contribution >= 0.6 is 0 Å². The van der Waals surface area contributed by atoms with E-state index in [2.05, 4.69) is 57.0 Å². The summed E-state index contributed by atoms with van der Waals surface area (Å²) in [5.41, 5.74) is 8.95. The number of hydrazone groups is 1. The zero-order valence-electron chi connectivity index (χ0n) is 16.8. The minimum absolute atomic E-state index is 0.0399. The SMILES string of the molecule is C/C=N\N(/C1=C(\N)CC[C@H]2[C@@H](CC1)[C@@H]2CNC(C)(C)C)C(C)(C)C. The molecule has 4 nitrogen and oxygen atoms in total. The molecule has 0 unspecified atom stereocenters. The van der Waals surface area contributed by atoms with Crippen molar-refractivity contribution in [3.05, 3.63) is 11.4 Å². The van der Waals surface area contributed by atoms with Gasteiger partial charge in [0.1, 0.15) is 0 Å². The first-order valence-corrected chi connectivity index (χ1v) is 9.56. The average Bonchev–Trinajstić information content (AvgIpc) is 3.09. The van der Waals surface area contributed by atoms with E-state index in [4.69, 9.17) is 5.73 Å². The molecule has 1 saturated carbocycles. The Kier molecular flexibility index (Phi) is 5.68. The van der Waals surface area contributed by atoms with Gasteiger partial charge in [0.2, 0.25) is 0 Å². The summed E-state index contributed by atoms with van der Waals surface area (Å²) in [5, 5.41) is 10.5. The average molecular weight is 335 g/mol. The Labute approximate surface area is 148 Å². The highest BCUT2D eigenvalue weighted by molar-refractivity contribution is 5.53. The molecular formula is C20H38N4. The Hall–Kier alpha value is -1.03. The van der Waals surface area contributed by atoms with Gasteiger partial charge in [-0.2, -0.15) is 5.10 Å². The summed E-state index contributed by atoms with van der Waals surface area (Å²) >= 11 is 0. The van der Waals surface area contributed by atoms with E-state index in [0.717, 1.165) is 42.8 Å². The Balaban J connectivity index is 2.05. The summed E-state index contributed by atoms with van der Waals surface area (Å²) in [5.74, 6) is 2.54. The maximum atomic E-state index is 6.49. The van der Waals surface area contributed by atoms with Crippen LogP contribution in [-0.2, 0) is 0 Å². The topological polar surface area (TPSA) is 53.6 Å². The van der Waals surface area contributed by atoms with Crippen LogP contribution in [0.15, 0.2) is 16.5 Å². The lowest BCUT2D eigenvalue weighted by atomic mass is 9.98. The molecule has 0 radical (unpaired) electrons. The first kappa shape index (κ1) is 19.3. The predicted octanol–water partition coefficient (Wildman–Crippen LogP) is 4.09.